The Morgan fingerprint density at radius 3 is 2.68 bits per heavy atom. The third-order valence-electron chi connectivity index (χ3n) is 2.11. The molecule has 1 aromatic heterocycles. The summed E-state index contributed by atoms with van der Waals surface area (Å²) in [7, 11) is 0. The lowest BCUT2D eigenvalue weighted by atomic mass is 10.2. The normalized spacial score (nSPS) is 10.5. The van der Waals surface area contributed by atoms with Crippen molar-refractivity contribution < 1.29 is 9.72 Å². The maximum atomic E-state index is 11.4. The molecule has 0 fully saturated rings. The van der Waals surface area contributed by atoms with Gasteiger partial charge in [-0.1, -0.05) is 5.10 Å². The minimum absolute atomic E-state index is 0.00611. The van der Waals surface area contributed by atoms with E-state index >= 15 is 0 Å². The highest BCUT2D eigenvalue weighted by atomic mass is 16.6. The Labute approximate surface area is 106 Å². The van der Waals surface area contributed by atoms with Gasteiger partial charge in [0.25, 0.3) is 17.5 Å². The average molecular weight is 260 g/mol. The molecule has 96 valence electrons. The second kappa shape index (κ2) is 5.49. The molecule has 1 heterocycles. The number of hydrogen-bond acceptors (Lipinski definition) is 6. The number of nitrogens with one attached hydrogen (secondary N) is 2. The first-order valence-corrected chi connectivity index (χ1v) is 5.12. The maximum Gasteiger partial charge on any atom is 0.270 e. The molecule has 0 aliphatic rings. The van der Waals surface area contributed by atoms with Gasteiger partial charge in [-0.3, -0.25) is 20.2 Å². The lowest BCUT2D eigenvalue weighted by Gasteiger charge is -1.95. The van der Waals surface area contributed by atoms with E-state index in [2.05, 4.69) is 25.9 Å². The SMILES string of the molecule is O=C(C=Cc1ccc([N+](=O)[O-])cc1)Nc1nn[nH]n1. The van der Waals surface area contributed by atoms with Crippen molar-refractivity contribution in [2.24, 2.45) is 0 Å². The molecule has 0 spiro atoms. The minimum Gasteiger partial charge on any atom is -0.288 e. The molecule has 0 radical (unpaired) electrons. The van der Waals surface area contributed by atoms with Crippen LogP contribution in [0.25, 0.3) is 6.08 Å². The van der Waals surface area contributed by atoms with Crippen molar-refractivity contribution >= 4 is 23.6 Å². The van der Waals surface area contributed by atoms with Gasteiger partial charge in [0.1, 0.15) is 0 Å². The summed E-state index contributed by atoms with van der Waals surface area (Å²) in [6.07, 6.45) is 2.77. The summed E-state index contributed by atoms with van der Waals surface area (Å²) in [5.74, 6) is -0.363. The van der Waals surface area contributed by atoms with Crippen molar-refractivity contribution in [3.8, 4) is 0 Å². The summed E-state index contributed by atoms with van der Waals surface area (Å²) in [4.78, 5) is 21.4. The van der Waals surface area contributed by atoms with Gasteiger partial charge < -0.3 is 0 Å². The number of hydrogen-bond donors (Lipinski definition) is 2. The molecule has 1 amide bonds. The van der Waals surface area contributed by atoms with Crippen LogP contribution in [0.4, 0.5) is 11.6 Å². The van der Waals surface area contributed by atoms with Crippen molar-refractivity contribution in [1.82, 2.24) is 20.6 Å². The first-order chi connectivity index (χ1) is 9.15. The van der Waals surface area contributed by atoms with Gasteiger partial charge in [-0.05, 0) is 29.0 Å². The zero-order valence-corrected chi connectivity index (χ0v) is 9.48. The number of aromatic amines is 1. The molecular formula is C10H8N6O3. The predicted octanol–water partition coefficient (Wildman–Crippen LogP) is 0.760. The number of nitro groups is 1. The average Bonchev–Trinajstić information content (AvgIpc) is 2.89. The van der Waals surface area contributed by atoms with Crippen LogP contribution in [0.15, 0.2) is 30.3 Å². The molecule has 0 aliphatic carbocycles. The molecule has 0 saturated heterocycles. The summed E-state index contributed by atoms with van der Waals surface area (Å²) < 4.78 is 0. The summed E-state index contributed by atoms with van der Waals surface area (Å²) in [5, 5.41) is 25.4. The van der Waals surface area contributed by atoms with Gasteiger partial charge in [0.2, 0.25) is 0 Å². The van der Waals surface area contributed by atoms with E-state index in [9.17, 15) is 14.9 Å². The van der Waals surface area contributed by atoms with Gasteiger partial charge in [0.05, 0.1) is 4.92 Å². The van der Waals surface area contributed by atoms with Gasteiger partial charge in [-0.2, -0.15) is 5.21 Å². The second-order valence-electron chi connectivity index (χ2n) is 3.41. The third-order valence-corrected chi connectivity index (χ3v) is 2.11. The minimum atomic E-state index is -0.490. The molecule has 0 bridgehead atoms. The zero-order chi connectivity index (χ0) is 13.7. The molecule has 9 nitrogen and oxygen atoms in total. The monoisotopic (exact) mass is 260 g/mol. The lowest BCUT2D eigenvalue weighted by molar-refractivity contribution is -0.384. The number of aromatic nitrogens is 4. The van der Waals surface area contributed by atoms with Crippen molar-refractivity contribution in [1.29, 1.82) is 0 Å². The summed E-state index contributed by atoms with van der Waals surface area (Å²) in [6, 6.07) is 5.79. The summed E-state index contributed by atoms with van der Waals surface area (Å²) in [6.45, 7) is 0. The van der Waals surface area contributed by atoms with E-state index in [0.717, 1.165) is 0 Å². The number of nitrogens with zero attached hydrogens (tertiary/aromatic N) is 4. The van der Waals surface area contributed by atoms with E-state index in [-0.39, 0.29) is 11.6 Å². The lowest BCUT2D eigenvalue weighted by Crippen LogP contribution is -2.09. The Balaban J connectivity index is 1.98. The molecule has 2 rings (SSSR count). The Morgan fingerprint density at radius 2 is 2.11 bits per heavy atom. The van der Waals surface area contributed by atoms with Crippen LogP contribution in [0.5, 0.6) is 0 Å². The van der Waals surface area contributed by atoms with E-state index in [0.29, 0.717) is 5.56 Å². The zero-order valence-electron chi connectivity index (χ0n) is 9.48. The highest BCUT2D eigenvalue weighted by Gasteiger charge is 2.03. The van der Waals surface area contributed by atoms with Gasteiger partial charge in [-0.25, -0.2) is 0 Å². The highest BCUT2D eigenvalue weighted by Crippen LogP contribution is 2.12. The van der Waals surface area contributed by atoms with E-state index in [4.69, 9.17) is 0 Å². The fraction of sp³-hybridized carbons (Fsp3) is 0. The Kier molecular flexibility index (Phi) is 3.57. The van der Waals surface area contributed by atoms with Gasteiger partial charge in [0.15, 0.2) is 0 Å². The molecule has 0 aliphatic heterocycles. The molecule has 0 atom stereocenters. The smallest absolute Gasteiger partial charge is 0.270 e. The van der Waals surface area contributed by atoms with Crippen molar-refractivity contribution in [2.75, 3.05) is 5.32 Å². The second-order valence-corrected chi connectivity index (χ2v) is 3.41. The van der Waals surface area contributed by atoms with E-state index in [1.807, 2.05) is 0 Å². The molecule has 19 heavy (non-hydrogen) atoms. The number of nitro benzene ring substituents is 1. The number of rotatable bonds is 4. The number of tetrazole rings is 1. The summed E-state index contributed by atoms with van der Waals surface area (Å²) >= 11 is 0. The fourth-order valence-electron chi connectivity index (χ4n) is 1.25. The first-order valence-electron chi connectivity index (χ1n) is 5.12. The van der Waals surface area contributed by atoms with Crippen LogP contribution in [0, 0.1) is 10.1 Å². The number of amides is 1. The fourth-order valence-corrected chi connectivity index (χ4v) is 1.25. The number of benzene rings is 1. The molecule has 0 saturated carbocycles. The topological polar surface area (TPSA) is 127 Å². The van der Waals surface area contributed by atoms with E-state index < -0.39 is 10.8 Å². The maximum absolute atomic E-state index is 11.4. The molecule has 2 N–H and O–H groups in total. The van der Waals surface area contributed by atoms with Crippen LogP contribution in [-0.2, 0) is 4.79 Å². The number of carbonyl (C=O) groups excluding carboxylic acids is 1. The predicted molar refractivity (Wildman–Crippen MR) is 64.9 cm³/mol. The Bertz CT molecular complexity index is 605. The van der Waals surface area contributed by atoms with Crippen LogP contribution >= 0.6 is 0 Å². The van der Waals surface area contributed by atoms with Crippen molar-refractivity contribution in [3.63, 3.8) is 0 Å². The molecule has 1 aromatic carbocycles. The number of carbonyl (C=O) groups is 1. The van der Waals surface area contributed by atoms with Gasteiger partial charge in [0, 0.05) is 18.2 Å². The largest absolute Gasteiger partial charge is 0.288 e. The standard InChI is InChI=1S/C10H8N6O3/c17-9(11-10-12-14-15-13-10)6-3-7-1-4-8(5-2-7)16(18)19/h1-6H,(H2,11,12,13,14,15,17). The van der Waals surface area contributed by atoms with Gasteiger partial charge in [-0.15, -0.1) is 5.10 Å². The molecule has 0 unspecified atom stereocenters. The molecular weight excluding hydrogens is 252 g/mol. The first kappa shape index (κ1) is 12.4. The number of non-ortho nitro benzene ring substituents is 1. The molecule has 9 heteroatoms. The highest BCUT2D eigenvalue weighted by molar-refractivity contribution is 6.00. The third kappa shape index (κ3) is 3.43. The van der Waals surface area contributed by atoms with Crippen LogP contribution < -0.4 is 5.32 Å². The molecule has 2 aromatic rings. The number of anilines is 1. The van der Waals surface area contributed by atoms with Crippen LogP contribution in [0.1, 0.15) is 5.56 Å². The van der Waals surface area contributed by atoms with Crippen molar-refractivity contribution in [2.45, 2.75) is 0 Å². The van der Waals surface area contributed by atoms with Gasteiger partial charge >= 0.3 is 0 Å². The van der Waals surface area contributed by atoms with Crippen LogP contribution in [0.3, 0.4) is 0 Å². The van der Waals surface area contributed by atoms with E-state index in [1.54, 1.807) is 0 Å². The number of H-pyrrole nitrogens is 1. The quantitative estimate of drug-likeness (QED) is 0.474. The Hall–Kier alpha value is -3.10. The summed E-state index contributed by atoms with van der Waals surface area (Å²) in [5.41, 5.74) is 0.655. The van der Waals surface area contributed by atoms with E-state index in [1.165, 1.54) is 36.4 Å². The van der Waals surface area contributed by atoms with Crippen LogP contribution in [0.2, 0.25) is 0 Å². The van der Waals surface area contributed by atoms with Crippen molar-refractivity contribution in [3.05, 3.63) is 46.0 Å². The van der Waals surface area contributed by atoms with Crippen LogP contribution in [-0.4, -0.2) is 31.5 Å². The Morgan fingerprint density at radius 1 is 1.37 bits per heavy atom.